The van der Waals surface area contributed by atoms with E-state index < -0.39 is 0 Å². The Morgan fingerprint density at radius 2 is 1.92 bits per heavy atom. The molecule has 4 rings (SSSR count). The predicted molar refractivity (Wildman–Crippen MR) is 90.0 cm³/mol. The molecule has 122 valence electrons. The second kappa shape index (κ2) is 6.03. The Morgan fingerprint density at radius 1 is 1.08 bits per heavy atom. The first-order valence-electron chi connectivity index (χ1n) is 8.04. The van der Waals surface area contributed by atoms with Crippen molar-refractivity contribution < 1.29 is 4.39 Å². The minimum atomic E-state index is -0.205. The molecule has 1 aliphatic heterocycles. The second-order valence-electron chi connectivity index (χ2n) is 6.07. The van der Waals surface area contributed by atoms with Gasteiger partial charge in [-0.3, -0.25) is 9.67 Å². The Bertz CT molecular complexity index is 825. The SMILES string of the molecule is Cn1cc(-c2cnc(N3CCCC3c3ccc(F)cc3)cn2)cn1. The molecule has 6 heteroatoms. The third-order valence-electron chi connectivity index (χ3n) is 4.44. The molecular weight excluding hydrogens is 305 g/mol. The highest BCUT2D eigenvalue weighted by molar-refractivity contribution is 5.57. The highest BCUT2D eigenvalue weighted by Gasteiger charge is 2.27. The van der Waals surface area contributed by atoms with E-state index in [1.54, 1.807) is 17.1 Å². The molecule has 24 heavy (non-hydrogen) atoms. The maximum atomic E-state index is 13.2. The lowest BCUT2D eigenvalue weighted by molar-refractivity contribution is 0.624. The van der Waals surface area contributed by atoms with Gasteiger partial charge in [-0.1, -0.05) is 12.1 Å². The van der Waals surface area contributed by atoms with Crippen LogP contribution in [0.15, 0.2) is 49.1 Å². The summed E-state index contributed by atoms with van der Waals surface area (Å²) in [5.41, 5.74) is 2.88. The predicted octanol–water partition coefficient (Wildman–Crippen LogP) is 3.36. The van der Waals surface area contributed by atoms with Crippen LogP contribution in [0, 0.1) is 5.82 Å². The summed E-state index contributed by atoms with van der Waals surface area (Å²) in [6.07, 6.45) is 9.42. The van der Waals surface area contributed by atoms with Crippen molar-refractivity contribution in [2.24, 2.45) is 7.05 Å². The first-order chi connectivity index (χ1) is 11.7. The quantitative estimate of drug-likeness (QED) is 0.741. The third kappa shape index (κ3) is 2.75. The van der Waals surface area contributed by atoms with Gasteiger partial charge in [0.2, 0.25) is 0 Å². The first kappa shape index (κ1) is 14.8. The molecule has 5 nitrogen and oxygen atoms in total. The van der Waals surface area contributed by atoms with Crippen LogP contribution in [-0.2, 0) is 7.05 Å². The number of aryl methyl sites for hydroxylation is 1. The third-order valence-corrected chi connectivity index (χ3v) is 4.44. The number of rotatable bonds is 3. The van der Waals surface area contributed by atoms with Crippen LogP contribution in [0.5, 0.6) is 0 Å². The van der Waals surface area contributed by atoms with Gasteiger partial charge in [0.15, 0.2) is 0 Å². The van der Waals surface area contributed by atoms with Gasteiger partial charge < -0.3 is 4.90 Å². The van der Waals surface area contributed by atoms with Crippen molar-refractivity contribution in [3.8, 4) is 11.3 Å². The summed E-state index contributed by atoms with van der Waals surface area (Å²) in [7, 11) is 1.88. The van der Waals surface area contributed by atoms with Crippen molar-refractivity contribution in [1.29, 1.82) is 0 Å². The summed E-state index contributed by atoms with van der Waals surface area (Å²) in [6.45, 7) is 0.933. The van der Waals surface area contributed by atoms with E-state index in [0.29, 0.717) is 0 Å². The van der Waals surface area contributed by atoms with Crippen LogP contribution in [0.1, 0.15) is 24.4 Å². The van der Waals surface area contributed by atoms with Crippen molar-refractivity contribution >= 4 is 5.82 Å². The van der Waals surface area contributed by atoms with Gasteiger partial charge >= 0.3 is 0 Å². The Morgan fingerprint density at radius 3 is 2.58 bits per heavy atom. The maximum Gasteiger partial charge on any atom is 0.147 e. The summed E-state index contributed by atoms with van der Waals surface area (Å²) < 4.78 is 14.9. The lowest BCUT2D eigenvalue weighted by Gasteiger charge is -2.25. The first-order valence-corrected chi connectivity index (χ1v) is 8.04. The van der Waals surface area contributed by atoms with Gasteiger partial charge in [-0.15, -0.1) is 0 Å². The van der Waals surface area contributed by atoms with Crippen LogP contribution in [0.2, 0.25) is 0 Å². The summed E-state index contributed by atoms with van der Waals surface area (Å²) in [4.78, 5) is 11.4. The molecule has 2 aromatic heterocycles. The fraction of sp³-hybridized carbons (Fsp3) is 0.278. The number of nitrogens with zero attached hydrogens (tertiary/aromatic N) is 5. The highest BCUT2D eigenvalue weighted by Crippen LogP contribution is 2.35. The Kier molecular flexibility index (Phi) is 3.72. The molecule has 1 atom stereocenters. The largest absolute Gasteiger partial charge is 0.348 e. The zero-order chi connectivity index (χ0) is 16.5. The molecule has 3 heterocycles. The number of benzene rings is 1. The monoisotopic (exact) mass is 323 g/mol. The molecule has 0 N–H and O–H groups in total. The molecular formula is C18H18FN5. The zero-order valence-electron chi connectivity index (χ0n) is 13.4. The van der Waals surface area contributed by atoms with Crippen molar-refractivity contribution in [2.45, 2.75) is 18.9 Å². The summed E-state index contributed by atoms with van der Waals surface area (Å²) >= 11 is 0. The fourth-order valence-corrected chi connectivity index (χ4v) is 3.24. The normalized spacial score (nSPS) is 17.4. The Hall–Kier alpha value is -2.76. The molecule has 0 bridgehead atoms. The molecule has 0 aliphatic carbocycles. The summed E-state index contributed by atoms with van der Waals surface area (Å²) in [5, 5.41) is 4.16. The van der Waals surface area contributed by atoms with Crippen molar-refractivity contribution in [1.82, 2.24) is 19.7 Å². The molecule has 1 aromatic carbocycles. The molecule has 0 radical (unpaired) electrons. The van der Waals surface area contributed by atoms with Gasteiger partial charge in [0.1, 0.15) is 11.6 Å². The Balaban J connectivity index is 1.59. The molecule has 1 fully saturated rings. The molecule has 0 spiro atoms. The highest BCUT2D eigenvalue weighted by atomic mass is 19.1. The van der Waals surface area contributed by atoms with Crippen LogP contribution in [0.25, 0.3) is 11.3 Å². The average molecular weight is 323 g/mol. The lowest BCUT2D eigenvalue weighted by Crippen LogP contribution is -2.23. The van der Waals surface area contributed by atoms with Crippen LogP contribution in [-0.4, -0.2) is 26.3 Å². The van der Waals surface area contributed by atoms with Gasteiger partial charge in [-0.25, -0.2) is 9.37 Å². The maximum absolute atomic E-state index is 13.2. The molecule has 1 aliphatic rings. The van der Waals surface area contributed by atoms with E-state index in [4.69, 9.17) is 0 Å². The molecule has 1 unspecified atom stereocenters. The number of halogens is 1. The smallest absolute Gasteiger partial charge is 0.147 e. The molecule has 0 amide bonds. The summed E-state index contributed by atoms with van der Waals surface area (Å²) in [6, 6.07) is 6.97. The van der Waals surface area contributed by atoms with E-state index in [-0.39, 0.29) is 11.9 Å². The molecule has 3 aromatic rings. The number of hydrogen-bond donors (Lipinski definition) is 0. The fourth-order valence-electron chi connectivity index (χ4n) is 3.24. The van der Waals surface area contributed by atoms with Crippen LogP contribution < -0.4 is 4.90 Å². The molecule has 1 saturated heterocycles. The second-order valence-corrected chi connectivity index (χ2v) is 6.07. The minimum Gasteiger partial charge on any atom is -0.348 e. The van der Waals surface area contributed by atoms with Crippen LogP contribution >= 0.6 is 0 Å². The van der Waals surface area contributed by atoms with Gasteiger partial charge in [0, 0.05) is 25.4 Å². The van der Waals surface area contributed by atoms with E-state index in [0.717, 1.165) is 42.0 Å². The van der Waals surface area contributed by atoms with Gasteiger partial charge in [-0.05, 0) is 30.5 Å². The molecule has 0 saturated carbocycles. The zero-order valence-corrected chi connectivity index (χ0v) is 13.4. The number of aromatic nitrogens is 4. The number of anilines is 1. The van der Waals surface area contributed by atoms with Crippen molar-refractivity contribution in [3.05, 3.63) is 60.4 Å². The number of hydrogen-bond acceptors (Lipinski definition) is 4. The van der Waals surface area contributed by atoms with Crippen molar-refractivity contribution in [2.75, 3.05) is 11.4 Å². The minimum absolute atomic E-state index is 0.205. The van der Waals surface area contributed by atoms with E-state index >= 15 is 0 Å². The van der Waals surface area contributed by atoms with E-state index in [2.05, 4.69) is 20.0 Å². The van der Waals surface area contributed by atoms with Crippen LogP contribution in [0.3, 0.4) is 0 Å². The lowest BCUT2D eigenvalue weighted by atomic mass is 10.0. The van der Waals surface area contributed by atoms with Crippen molar-refractivity contribution in [3.63, 3.8) is 0 Å². The summed E-state index contributed by atoms with van der Waals surface area (Å²) in [5.74, 6) is 0.651. The van der Waals surface area contributed by atoms with Gasteiger partial charge in [0.25, 0.3) is 0 Å². The van der Waals surface area contributed by atoms with Gasteiger partial charge in [0.05, 0.1) is 30.3 Å². The topological polar surface area (TPSA) is 46.8 Å². The van der Waals surface area contributed by atoms with E-state index in [1.807, 2.05) is 31.6 Å². The van der Waals surface area contributed by atoms with Crippen LogP contribution in [0.4, 0.5) is 10.2 Å². The van der Waals surface area contributed by atoms with E-state index in [1.165, 1.54) is 12.1 Å². The standard InChI is InChI=1S/C18H18FN5/c1-23-12-14(9-22-23)16-10-21-18(11-20-16)24-8-2-3-17(24)13-4-6-15(19)7-5-13/h4-7,9-12,17H,2-3,8H2,1H3. The van der Waals surface area contributed by atoms with Gasteiger partial charge in [-0.2, -0.15) is 5.10 Å². The Labute approximate surface area is 139 Å². The average Bonchev–Trinajstić information content (AvgIpc) is 3.25. The van der Waals surface area contributed by atoms with E-state index in [9.17, 15) is 4.39 Å².